The lowest BCUT2D eigenvalue weighted by Gasteiger charge is -2.38. The molecule has 3 heterocycles. The molecule has 0 unspecified atom stereocenters. The number of nitrogens with two attached hydrogens (primary N) is 2. The van der Waals surface area contributed by atoms with Crippen LogP contribution in [-0.4, -0.2) is 40.3 Å². The zero-order valence-corrected chi connectivity index (χ0v) is 17.7. The maximum absolute atomic E-state index is 12.2. The Morgan fingerprint density at radius 3 is 2.60 bits per heavy atom. The van der Waals surface area contributed by atoms with Crippen LogP contribution in [0.15, 0.2) is 18.2 Å². The summed E-state index contributed by atoms with van der Waals surface area (Å²) in [7, 11) is 0. The van der Waals surface area contributed by atoms with Crippen molar-refractivity contribution in [2.45, 2.75) is 27.7 Å². The van der Waals surface area contributed by atoms with E-state index in [4.69, 9.17) is 21.2 Å². The van der Waals surface area contributed by atoms with E-state index in [1.807, 2.05) is 19.9 Å². The number of fused-ring (bicyclic) bond motifs is 1. The lowest BCUT2D eigenvalue weighted by Crippen LogP contribution is -2.54. The number of benzene rings is 1. The van der Waals surface area contributed by atoms with Gasteiger partial charge in [0.25, 0.3) is 5.91 Å². The molecule has 6 N–H and O–H groups in total. The Labute approximate surface area is 174 Å². The van der Waals surface area contributed by atoms with Crippen molar-refractivity contribution >= 4 is 22.8 Å². The molecule has 2 aromatic heterocycles. The van der Waals surface area contributed by atoms with E-state index in [0.29, 0.717) is 34.8 Å². The van der Waals surface area contributed by atoms with Crippen LogP contribution in [0.3, 0.4) is 0 Å². The first-order chi connectivity index (χ1) is 14.1. The van der Waals surface area contributed by atoms with Crippen molar-refractivity contribution in [1.82, 2.24) is 14.9 Å². The summed E-state index contributed by atoms with van der Waals surface area (Å²) in [6, 6.07) is 5.26. The number of anilines is 1. The molecular weight excluding hydrogens is 382 g/mol. The number of primary amides is 1. The summed E-state index contributed by atoms with van der Waals surface area (Å²) in [4.78, 5) is 17.0. The number of nitrogens with zero attached hydrogens (tertiary/aromatic N) is 2. The maximum Gasteiger partial charge on any atom is 0.253 e. The number of nitrogen functional groups attached to an aromatic ring is 1. The van der Waals surface area contributed by atoms with Crippen LogP contribution in [0.2, 0.25) is 0 Å². The molecule has 1 aromatic carbocycles. The molecule has 0 bridgehead atoms. The van der Waals surface area contributed by atoms with Gasteiger partial charge in [0.1, 0.15) is 11.6 Å². The Bertz CT molecular complexity index is 1180. The van der Waals surface area contributed by atoms with Gasteiger partial charge >= 0.3 is 0 Å². The number of ether oxygens (including phenoxy) is 1. The van der Waals surface area contributed by atoms with Gasteiger partial charge in [-0.2, -0.15) is 4.98 Å². The summed E-state index contributed by atoms with van der Waals surface area (Å²) in [5.74, 6) is 0.176. The quantitative estimate of drug-likeness (QED) is 0.512. The molecule has 0 aliphatic carbocycles. The number of rotatable bonds is 5. The van der Waals surface area contributed by atoms with Gasteiger partial charge in [0.15, 0.2) is 5.65 Å². The zero-order valence-electron chi connectivity index (χ0n) is 17.7. The number of pyridine rings is 1. The van der Waals surface area contributed by atoms with Crippen LogP contribution in [-0.2, 0) is 0 Å². The number of hydrogen-bond donors (Lipinski definition) is 4. The van der Waals surface area contributed by atoms with Crippen molar-refractivity contribution < 1.29 is 14.6 Å². The molecule has 0 radical (unpaired) electrons. The normalized spacial score (nSPS) is 15.2. The number of nitrogens with one attached hydrogen (secondary N) is 1. The number of amides is 1. The van der Waals surface area contributed by atoms with Gasteiger partial charge in [0.05, 0.1) is 17.9 Å². The summed E-state index contributed by atoms with van der Waals surface area (Å²) in [6.07, 6.45) is 0. The first-order valence-corrected chi connectivity index (χ1v) is 9.87. The predicted molar refractivity (Wildman–Crippen MR) is 116 cm³/mol. The fourth-order valence-electron chi connectivity index (χ4n) is 4.00. The first kappa shape index (κ1) is 20.0. The van der Waals surface area contributed by atoms with E-state index in [0.717, 1.165) is 24.2 Å². The molecule has 0 spiro atoms. The van der Waals surface area contributed by atoms with Crippen LogP contribution < -0.4 is 21.5 Å². The SMILES string of the molecule is Cc1cc2c(C(N)=O)c(N)n(-c3c(C)ccc(O)c3C)c2nc1OCC1(C)CNC1. The van der Waals surface area contributed by atoms with Crippen molar-refractivity contribution in [3.05, 3.63) is 40.5 Å². The van der Waals surface area contributed by atoms with Crippen LogP contribution in [0, 0.1) is 26.2 Å². The summed E-state index contributed by atoms with van der Waals surface area (Å²) in [5, 5.41) is 14.1. The molecule has 1 aliphatic heterocycles. The monoisotopic (exact) mass is 409 g/mol. The minimum Gasteiger partial charge on any atom is -0.508 e. The highest BCUT2D eigenvalue weighted by atomic mass is 16.5. The van der Waals surface area contributed by atoms with E-state index < -0.39 is 5.91 Å². The second kappa shape index (κ2) is 6.91. The van der Waals surface area contributed by atoms with E-state index in [2.05, 4.69) is 12.2 Å². The molecular formula is C22H27N5O3. The molecule has 158 valence electrons. The molecule has 3 aromatic rings. The van der Waals surface area contributed by atoms with Crippen molar-refractivity contribution in [2.75, 3.05) is 25.4 Å². The predicted octanol–water partition coefficient (Wildman–Crippen LogP) is 2.33. The smallest absolute Gasteiger partial charge is 0.253 e. The average molecular weight is 409 g/mol. The number of hydrogen-bond acceptors (Lipinski definition) is 6. The number of aryl methyl sites for hydroxylation is 2. The number of phenols is 1. The fourth-order valence-corrected chi connectivity index (χ4v) is 4.00. The Morgan fingerprint density at radius 2 is 2.00 bits per heavy atom. The lowest BCUT2D eigenvalue weighted by atomic mass is 9.85. The van der Waals surface area contributed by atoms with Gasteiger partial charge in [-0.15, -0.1) is 0 Å². The molecule has 1 amide bonds. The third-order valence-corrected chi connectivity index (χ3v) is 5.86. The van der Waals surface area contributed by atoms with E-state index in [-0.39, 0.29) is 22.5 Å². The highest BCUT2D eigenvalue weighted by molar-refractivity contribution is 6.11. The van der Waals surface area contributed by atoms with Crippen LogP contribution in [0.1, 0.15) is 34.0 Å². The van der Waals surface area contributed by atoms with Gasteiger partial charge in [-0.3, -0.25) is 9.36 Å². The number of aromatic hydroxyl groups is 1. The Hall–Kier alpha value is -3.26. The van der Waals surface area contributed by atoms with E-state index in [9.17, 15) is 9.90 Å². The van der Waals surface area contributed by atoms with Gasteiger partial charge in [0.2, 0.25) is 5.88 Å². The third-order valence-electron chi connectivity index (χ3n) is 5.86. The molecule has 8 nitrogen and oxygen atoms in total. The van der Waals surface area contributed by atoms with Crippen LogP contribution >= 0.6 is 0 Å². The fraction of sp³-hybridized carbons (Fsp3) is 0.364. The Morgan fingerprint density at radius 1 is 1.30 bits per heavy atom. The number of phenolic OH excluding ortho intramolecular Hbond substituents is 1. The lowest BCUT2D eigenvalue weighted by molar-refractivity contribution is 0.0985. The molecule has 30 heavy (non-hydrogen) atoms. The van der Waals surface area contributed by atoms with E-state index in [1.165, 1.54) is 0 Å². The average Bonchev–Trinajstić information content (AvgIpc) is 2.93. The summed E-state index contributed by atoms with van der Waals surface area (Å²) >= 11 is 0. The number of carbonyl (C=O) groups is 1. The standard InChI is InChI=1S/C22H27N5O3/c1-11-5-6-15(28)13(3)17(11)27-18(23)16(19(24)29)14-7-12(2)21(26-20(14)27)30-10-22(4)8-25-9-22/h5-7,25,28H,8-10,23H2,1-4H3,(H2,24,29). The first-order valence-electron chi connectivity index (χ1n) is 9.87. The Balaban J connectivity index is 1.95. The van der Waals surface area contributed by atoms with Crippen molar-refractivity contribution in [3.63, 3.8) is 0 Å². The largest absolute Gasteiger partial charge is 0.508 e. The van der Waals surface area contributed by atoms with Crippen LogP contribution in [0.25, 0.3) is 16.7 Å². The molecule has 1 fully saturated rings. The third kappa shape index (κ3) is 3.04. The van der Waals surface area contributed by atoms with Crippen LogP contribution in [0.4, 0.5) is 5.82 Å². The summed E-state index contributed by atoms with van der Waals surface area (Å²) in [5.41, 5.74) is 15.8. The highest BCUT2D eigenvalue weighted by Gasteiger charge is 2.33. The van der Waals surface area contributed by atoms with Gasteiger partial charge < -0.3 is 26.6 Å². The highest BCUT2D eigenvalue weighted by Crippen LogP contribution is 2.37. The number of carbonyl (C=O) groups excluding carboxylic acids is 1. The molecule has 0 saturated carbocycles. The zero-order chi connectivity index (χ0) is 21.8. The minimum atomic E-state index is -0.630. The van der Waals surface area contributed by atoms with Gasteiger partial charge in [0, 0.05) is 35.0 Å². The topological polar surface area (TPSA) is 128 Å². The second-order valence-corrected chi connectivity index (χ2v) is 8.52. The van der Waals surface area contributed by atoms with Crippen molar-refractivity contribution in [2.24, 2.45) is 11.1 Å². The molecule has 1 saturated heterocycles. The molecule has 0 atom stereocenters. The van der Waals surface area contributed by atoms with Gasteiger partial charge in [-0.1, -0.05) is 13.0 Å². The maximum atomic E-state index is 12.2. The molecule has 1 aliphatic rings. The van der Waals surface area contributed by atoms with Crippen molar-refractivity contribution in [3.8, 4) is 17.3 Å². The summed E-state index contributed by atoms with van der Waals surface area (Å²) < 4.78 is 7.74. The van der Waals surface area contributed by atoms with E-state index >= 15 is 0 Å². The number of aromatic nitrogens is 2. The Kier molecular flexibility index (Phi) is 4.62. The van der Waals surface area contributed by atoms with E-state index in [1.54, 1.807) is 23.6 Å². The van der Waals surface area contributed by atoms with Crippen LogP contribution in [0.5, 0.6) is 11.6 Å². The van der Waals surface area contributed by atoms with Crippen molar-refractivity contribution in [1.29, 1.82) is 0 Å². The molecule has 4 rings (SSSR count). The van der Waals surface area contributed by atoms with Gasteiger partial charge in [-0.05, 0) is 38.5 Å². The summed E-state index contributed by atoms with van der Waals surface area (Å²) in [6.45, 7) is 10.1. The second-order valence-electron chi connectivity index (χ2n) is 8.52. The molecule has 8 heteroatoms. The van der Waals surface area contributed by atoms with Gasteiger partial charge in [-0.25, -0.2) is 0 Å². The minimum absolute atomic E-state index is 0.0703.